The third kappa shape index (κ3) is 4.09. The van der Waals surface area contributed by atoms with Crippen molar-refractivity contribution in [3.8, 4) is 6.07 Å². The molecule has 1 aliphatic carbocycles. The number of nitriles is 1. The van der Waals surface area contributed by atoms with Crippen LogP contribution in [0.1, 0.15) is 56.1 Å². The molecule has 0 spiro atoms. The van der Waals surface area contributed by atoms with Gasteiger partial charge in [-0.1, -0.05) is 38.2 Å². The predicted molar refractivity (Wildman–Crippen MR) is 80.3 cm³/mol. The number of amides is 1. The maximum atomic E-state index is 12.0. The number of carbonyl (C=O) groups is 1. The third-order valence-corrected chi connectivity index (χ3v) is 4.15. The molecule has 106 valence electrons. The first-order chi connectivity index (χ1) is 9.69. The Labute approximate surface area is 121 Å². The highest BCUT2D eigenvalue weighted by atomic mass is 16.1. The third-order valence-electron chi connectivity index (χ3n) is 4.15. The minimum atomic E-state index is 0.0637. The molecule has 0 atom stereocenters. The summed E-state index contributed by atoms with van der Waals surface area (Å²) in [6.07, 6.45) is 8.10. The van der Waals surface area contributed by atoms with Crippen LogP contribution in [0.25, 0.3) is 0 Å². The lowest BCUT2D eigenvalue weighted by atomic mass is 9.86. The van der Waals surface area contributed by atoms with Crippen LogP contribution in [0, 0.1) is 24.2 Å². The zero-order chi connectivity index (χ0) is 14.4. The minimum absolute atomic E-state index is 0.0637. The second-order valence-electron chi connectivity index (χ2n) is 5.73. The molecule has 2 rings (SSSR count). The van der Waals surface area contributed by atoms with Gasteiger partial charge in [0.2, 0.25) is 5.91 Å². The predicted octanol–water partition coefficient (Wildman–Crippen LogP) is 4.17. The smallest absolute Gasteiger partial charge is 0.224 e. The molecule has 3 heteroatoms. The lowest BCUT2D eigenvalue weighted by Crippen LogP contribution is -2.15. The number of aryl methyl sites for hydroxylation is 1. The van der Waals surface area contributed by atoms with Crippen LogP contribution in [0.5, 0.6) is 0 Å². The van der Waals surface area contributed by atoms with Crippen molar-refractivity contribution < 1.29 is 4.79 Å². The summed E-state index contributed by atoms with van der Waals surface area (Å²) in [5.74, 6) is 0.787. The Balaban J connectivity index is 1.86. The zero-order valence-electron chi connectivity index (χ0n) is 12.1. The fraction of sp³-hybridized carbons (Fsp3) is 0.529. The van der Waals surface area contributed by atoms with Crippen molar-refractivity contribution in [2.45, 2.75) is 51.9 Å². The lowest BCUT2D eigenvalue weighted by Gasteiger charge is -2.21. The Bertz CT molecular complexity index is 510. The van der Waals surface area contributed by atoms with Crippen molar-refractivity contribution in [1.29, 1.82) is 5.26 Å². The van der Waals surface area contributed by atoms with Crippen LogP contribution < -0.4 is 5.32 Å². The molecule has 0 heterocycles. The Kier molecular flexibility index (Phi) is 5.17. The first kappa shape index (κ1) is 14.6. The van der Waals surface area contributed by atoms with E-state index in [2.05, 4.69) is 11.4 Å². The molecule has 0 saturated heterocycles. The Hall–Kier alpha value is -1.82. The van der Waals surface area contributed by atoms with Gasteiger partial charge in [-0.15, -0.1) is 0 Å². The summed E-state index contributed by atoms with van der Waals surface area (Å²) < 4.78 is 0. The van der Waals surface area contributed by atoms with Crippen LogP contribution in [-0.4, -0.2) is 5.91 Å². The average Bonchev–Trinajstić information content (AvgIpc) is 2.48. The topological polar surface area (TPSA) is 52.9 Å². The molecular weight excluding hydrogens is 248 g/mol. The number of hydrogen-bond donors (Lipinski definition) is 1. The number of carbonyl (C=O) groups excluding carboxylic acids is 1. The molecule has 1 N–H and O–H groups in total. The van der Waals surface area contributed by atoms with Crippen LogP contribution in [-0.2, 0) is 4.79 Å². The normalized spacial score (nSPS) is 15.6. The quantitative estimate of drug-likeness (QED) is 0.892. The molecule has 1 fully saturated rings. The van der Waals surface area contributed by atoms with Crippen molar-refractivity contribution in [3.63, 3.8) is 0 Å². The summed E-state index contributed by atoms with van der Waals surface area (Å²) in [6.45, 7) is 1.94. The molecule has 20 heavy (non-hydrogen) atoms. The van der Waals surface area contributed by atoms with Gasteiger partial charge in [0.25, 0.3) is 0 Å². The second-order valence-corrected chi connectivity index (χ2v) is 5.73. The van der Waals surface area contributed by atoms with E-state index in [1.54, 1.807) is 12.1 Å². The summed E-state index contributed by atoms with van der Waals surface area (Å²) in [4.78, 5) is 12.0. The van der Waals surface area contributed by atoms with Crippen LogP contribution in [0.2, 0.25) is 0 Å². The van der Waals surface area contributed by atoms with Crippen molar-refractivity contribution in [2.24, 2.45) is 5.92 Å². The van der Waals surface area contributed by atoms with Crippen molar-refractivity contribution in [1.82, 2.24) is 0 Å². The summed E-state index contributed by atoms with van der Waals surface area (Å²) in [7, 11) is 0. The zero-order valence-corrected chi connectivity index (χ0v) is 12.1. The van der Waals surface area contributed by atoms with E-state index in [4.69, 9.17) is 5.26 Å². The first-order valence-corrected chi connectivity index (χ1v) is 7.49. The van der Waals surface area contributed by atoms with Gasteiger partial charge < -0.3 is 5.32 Å². The highest BCUT2D eigenvalue weighted by Gasteiger charge is 2.15. The van der Waals surface area contributed by atoms with Crippen LogP contribution in [0.15, 0.2) is 18.2 Å². The second kappa shape index (κ2) is 7.09. The molecule has 0 aromatic heterocycles. The summed E-state index contributed by atoms with van der Waals surface area (Å²) in [5, 5.41) is 11.8. The van der Waals surface area contributed by atoms with E-state index < -0.39 is 0 Å². The van der Waals surface area contributed by atoms with Crippen LogP contribution in [0.3, 0.4) is 0 Å². The molecule has 1 saturated carbocycles. The average molecular weight is 270 g/mol. The van der Waals surface area contributed by atoms with E-state index in [0.29, 0.717) is 12.0 Å². The summed E-state index contributed by atoms with van der Waals surface area (Å²) in [5.41, 5.74) is 2.34. The standard InChI is InChI=1S/C17H22N2O/c1-13-7-8-15(12-18)11-16(13)19-17(20)10-9-14-5-3-2-4-6-14/h7-8,11,14H,2-6,9-10H2,1H3,(H,19,20). The maximum absolute atomic E-state index is 12.0. The van der Waals surface area contributed by atoms with Gasteiger partial charge in [0.05, 0.1) is 11.6 Å². The van der Waals surface area contributed by atoms with Gasteiger partial charge in [0.15, 0.2) is 0 Å². The highest BCUT2D eigenvalue weighted by Crippen LogP contribution is 2.27. The van der Waals surface area contributed by atoms with E-state index in [0.717, 1.165) is 23.6 Å². The van der Waals surface area contributed by atoms with Gasteiger partial charge in [-0.25, -0.2) is 0 Å². The Morgan fingerprint density at radius 3 is 2.80 bits per heavy atom. The van der Waals surface area contributed by atoms with Crippen LogP contribution >= 0.6 is 0 Å². The maximum Gasteiger partial charge on any atom is 0.224 e. The first-order valence-electron chi connectivity index (χ1n) is 7.49. The molecule has 1 aliphatic rings. The van der Waals surface area contributed by atoms with E-state index in [-0.39, 0.29) is 5.91 Å². The summed E-state index contributed by atoms with van der Waals surface area (Å²) in [6, 6.07) is 7.49. The van der Waals surface area contributed by atoms with E-state index in [1.807, 2.05) is 13.0 Å². The molecular formula is C17H22N2O. The van der Waals surface area contributed by atoms with Crippen molar-refractivity contribution in [2.75, 3.05) is 5.32 Å². The van der Waals surface area contributed by atoms with Gasteiger partial charge in [-0.3, -0.25) is 4.79 Å². The molecule has 0 unspecified atom stereocenters. The van der Waals surface area contributed by atoms with Gasteiger partial charge in [0.1, 0.15) is 0 Å². The van der Waals surface area contributed by atoms with E-state index in [9.17, 15) is 4.79 Å². The number of anilines is 1. The van der Waals surface area contributed by atoms with Gasteiger partial charge in [-0.05, 0) is 37.0 Å². The fourth-order valence-corrected chi connectivity index (χ4v) is 2.85. The van der Waals surface area contributed by atoms with Gasteiger partial charge >= 0.3 is 0 Å². The minimum Gasteiger partial charge on any atom is -0.326 e. The number of nitrogens with one attached hydrogen (secondary N) is 1. The van der Waals surface area contributed by atoms with E-state index in [1.165, 1.54) is 32.1 Å². The van der Waals surface area contributed by atoms with Crippen LogP contribution in [0.4, 0.5) is 5.69 Å². The number of rotatable bonds is 4. The fourth-order valence-electron chi connectivity index (χ4n) is 2.85. The van der Waals surface area contributed by atoms with Gasteiger partial charge in [0, 0.05) is 12.1 Å². The SMILES string of the molecule is Cc1ccc(C#N)cc1NC(=O)CCC1CCCCC1. The molecule has 1 aromatic carbocycles. The lowest BCUT2D eigenvalue weighted by molar-refractivity contribution is -0.116. The monoisotopic (exact) mass is 270 g/mol. The van der Waals surface area contributed by atoms with E-state index >= 15 is 0 Å². The largest absolute Gasteiger partial charge is 0.326 e. The number of benzene rings is 1. The number of hydrogen-bond acceptors (Lipinski definition) is 2. The molecule has 0 aliphatic heterocycles. The van der Waals surface area contributed by atoms with Gasteiger partial charge in [-0.2, -0.15) is 5.26 Å². The molecule has 0 bridgehead atoms. The highest BCUT2D eigenvalue weighted by molar-refractivity contribution is 5.91. The van der Waals surface area contributed by atoms with Crippen molar-refractivity contribution in [3.05, 3.63) is 29.3 Å². The molecule has 3 nitrogen and oxygen atoms in total. The molecule has 0 radical (unpaired) electrons. The molecule has 1 aromatic rings. The molecule has 1 amide bonds. The Morgan fingerprint density at radius 1 is 1.35 bits per heavy atom. The number of nitrogens with zero attached hydrogens (tertiary/aromatic N) is 1. The Morgan fingerprint density at radius 2 is 2.10 bits per heavy atom. The summed E-state index contributed by atoms with van der Waals surface area (Å²) >= 11 is 0. The van der Waals surface area contributed by atoms with Crippen molar-refractivity contribution >= 4 is 11.6 Å².